The van der Waals surface area contributed by atoms with Crippen molar-refractivity contribution < 1.29 is 4.79 Å². The Bertz CT molecular complexity index is 840. The monoisotopic (exact) mass is 356 g/mol. The second-order valence-electron chi connectivity index (χ2n) is 5.70. The van der Waals surface area contributed by atoms with Gasteiger partial charge in [0.25, 0.3) is 0 Å². The highest BCUT2D eigenvalue weighted by molar-refractivity contribution is 7.99. The number of hydrogen-bond acceptors (Lipinski definition) is 4. The molecule has 1 heterocycles. The molecule has 5 heteroatoms. The number of hydrogen-bond donors (Lipinski definition) is 1. The van der Waals surface area contributed by atoms with Crippen molar-refractivity contribution in [2.75, 3.05) is 11.1 Å². The Morgan fingerprint density at radius 3 is 2.67 bits per heavy atom. The summed E-state index contributed by atoms with van der Waals surface area (Å²) in [6.07, 6.45) is 1.01. The first kappa shape index (κ1) is 17.0. The van der Waals surface area contributed by atoms with Gasteiger partial charge in [-0.3, -0.25) is 4.79 Å². The van der Waals surface area contributed by atoms with E-state index in [2.05, 4.69) is 60.5 Å². The van der Waals surface area contributed by atoms with E-state index < -0.39 is 0 Å². The molecular formula is C19H20N2OS2. The van der Waals surface area contributed by atoms with Crippen LogP contribution < -0.4 is 5.32 Å². The van der Waals surface area contributed by atoms with E-state index in [1.807, 2.05) is 6.07 Å². The number of carbonyl (C=O) groups excluding carboxylic acids is 1. The van der Waals surface area contributed by atoms with Crippen molar-refractivity contribution in [3.63, 3.8) is 0 Å². The van der Waals surface area contributed by atoms with Gasteiger partial charge in [-0.15, -0.1) is 11.8 Å². The molecule has 0 aliphatic heterocycles. The molecule has 1 amide bonds. The van der Waals surface area contributed by atoms with Crippen LogP contribution in [0.1, 0.15) is 23.6 Å². The van der Waals surface area contributed by atoms with Gasteiger partial charge in [-0.1, -0.05) is 54.2 Å². The lowest BCUT2D eigenvalue weighted by Crippen LogP contribution is -2.13. The molecule has 1 N–H and O–H groups in total. The second kappa shape index (κ2) is 7.81. The highest BCUT2D eigenvalue weighted by Crippen LogP contribution is 2.27. The minimum Gasteiger partial charge on any atom is -0.301 e. The van der Waals surface area contributed by atoms with Gasteiger partial charge in [-0.2, -0.15) is 0 Å². The largest absolute Gasteiger partial charge is 0.301 e. The van der Waals surface area contributed by atoms with Crippen LogP contribution in [0.2, 0.25) is 0 Å². The zero-order valence-electron chi connectivity index (χ0n) is 13.8. The van der Waals surface area contributed by atoms with Crippen LogP contribution in [0.3, 0.4) is 0 Å². The molecule has 0 saturated heterocycles. The Kier molecular flexibility index (Phi) is 5.53. The third-order valence-corrected chi connectivity index (χ3v) is 5.67. The Morgan fingerprint density at radius 1 is 1.17 bits per heavy atom. The van der Waals surface area contributed by atoms with E-state index in [-0.39, 0.29) is 5.91 Å². The summed E-state index contributed by atoms with van der Waals surface area (Å²) >= 11 is 3.15. The molecule has 0 saturated carbocycles. The van der Waals surface area contributed by atoms with E-state index in [0.717, 1.165) is 22.4 Å². The summed E-state index contributed by atoms with van der Waals surface area (Å²) in [6, 6.07) is 14.7. The van der Waals surface area contributed by atoms with E-state index >= 15 is 0 Å². The molecule has 0 atom stereocenters. The molecule has 0 aliphatic carbocycles. The van der Waals surface area contributed by atoms with Crippen LogP contribution in [0.4, 0.5) is 5.13 Å². The number of anilines is 1. The van der Waals surface area contributed by atoms with Crippen molar-refractivity contribution in [1.82, 2.24) is 4.98 Å². The van der Waals surface area contributed by atoms with Crippen molar-refractivity contribution in [2.45, 2.75) is 26.0 Å². The van der Waals surface area contributed by atoms with Crippen LogP contribution >= 0.6 is 23.1 Å². The standard InChI is InChI=1S/C19H20N2OS2/c1-3-14-8-9-16-17(10-14)24-19(20-16)21-18(22)12-23-11-15-6-4-13(2)5-7-15/h4-10H,3,11-12H2,1-2H3,(H,20,21,22). The minimum atomic E-state index is 0.00174. The summed E-state index contributed by atoms with van der Waals surface area (Å²) in [5.41, 5.74) is 4.73. The lowest BCUT2D eigenvalue weighted by molar-refractivity contribution is -0.113. The number of nitrogens with zero attached hydrogens (tertiary/aromatic N) is 1. The predicted molar refractivity (Wildman–Crippen MR) is 105 cm³/mol. The summed E-state index contributed by atoms with van der Waals surface area (Å²) in [7, 11) is 0. The fourth-order valence-electron chi connectivity index (χ4n) is 2.34. The van der Waals surface area contributed by atoms with E-state index in [0.29, 0.717) is 10.9 Å². The van der Waals surface area contributed by atoms with E-state index in [1.54, 1.807) is 11.8 Å². The smallest absolute Gasteiger partial charge is 0.236 e. The Labute approximate surface area is 150 Å². The van der Waals surface area contributed by atoms with Crippen molar-refractivity contribution >= 4 is 44.4 Å². The van der Waals surface area contributed by atoms with Crippen LogP contribution in [-0.2, 0) is 17.0 Å². The molecule has 0 unspecified atom stereocenters. The number of rotatable bonds is 6. The number of thioether (sulfide) groups is 1. The summed E-state index contributed by atoms with van der Waals surface area (Å²) in [6.45, 7) is 4.21. The Balaban J connectivity index is 1.53. The molecule has 0 aliphatic rings. The normalized spacial score (nSPS) is 10.9. The molecule has 3 aromatic rings. The summed E-state index contributed by atoms with van der Waals surface area (Å²) < 4.78 is 1.12. The van der Waals surface area contributed by atoms with E-state index in [9.17, 15) is 4.79 Å². The number of thiazole rings is 1. The van der Waals surface area contributed by atoms with Crippen LogP contribution in [0, 0.1) is 6.92 Å². The number of nitrogens with one attached hydrogen (secondary N) is 1. The topological polar surface area (TPSA) is 42.0 Å². The first-order chi connectivity index (χ1) is 11.6. The number of aryl methyl sites for hydroxylation is 2. The minimum absolute atomic E-state index is 0.00174. The number of amides is 1. The third-order valence-electron chi connectivity index (χ3n) is 3.73. The van der Waals surface area contributed by atoms with Crippen LogP contribution in [0.15, 0.2) is 42.5 Å². The number of carbonyl (C=O) groups is 1. The Morgan fingerprint density at radius 2 is 1.92 bits per heavy atom. The van der Waals surface area contributed by atoms with Crippen molar-refractivity contribution in [3.8, 4) is 0 Å². The third kappa shape index (κ3) is 4.36. The maximum absolute atomic E-state index is 12.1. The fourth-order valence-corrected chi connectivity index (χ4v) is 4.08. The fraction of sp³-hybridized carbons (Fsp3) is 0.263. The number of benzene rings is 2. The van der Waals surface area contributed by atoms with Gasteiger partial charge in [-0.25, -0.2) is 4.98 Å². The van der Waals surface area contributed by atoms with Crippen molar-refractivity contribution in [3.05, 3.63) is 59.2 Å². The first-order valence-electron chi connectivity index (χ1n) is 7.96. The van der Waals surface area contributed by atoms with Crippen LogP contribution in [0.5, 0.6) is 0 Å². The zero-order valence-corrected chi connectivity index (χ0v) is 15.5. The zero-order chi connectivity index (χ0) is 16.9. The predicted octanol–water partition coefficient (Wildman–Crippen LogP) is 5.04. The van der Waals surface area contributed by atoms with Gasteiger partial charge in [0.1, 0.15) is 0 Å². The Hall–Kier alpha value is -1.85. The molecule has 124 valence electrons. The molecule has 0 bridgehead atoms. The first-order valence-corrected chi connectivity index (χ1v) is 9.94. The lowest BCUT2D eigenvalue weighted by atomic mass is 10.2. The number of aromatic nitrogens is 1. The van der Waals surface area contributed by atoms with Gasteiger partial charge in [0.15, 0.2) is 5.13 Å². The highest BCUT2D eigenvalue weighted by Gasteiger charge is 2.08. The highest BCUT2D eigenvalue weighted by atomic mass is 32.2. The summed E-state index contributed by atoms with van der Waals surface area (Å²) in [5.74, 6) is 1.28. The quantitative estimate of drug-likeness (QED) is 0.673. The van der Waals surface area contributed by atoms with Gasteiger partial charge >= 0.3 is 0 Å². The van der Waals surface area contributed by atoms with Gasteiger partial charge < -0.3 is 5.32 Å². The van der Waals surface area contributed by atoms with Gasteiger partial charge in [-0.05, 0) is 36.6 Å². The van der Waals surface area contributed by atoms with Gasteiger partial charge in [0, 0.05) is 5.75 Å². The van der Waals surface area contributed by atoms with Crippen LogP contribution in [0.25, 0.3) is 10.2 Å². The molecule has 3 rings (SSSR count). The van der Waals surface area contributed by atoms with Crippen molar-refractivity contribution in [1.29, 1.82) is 0 Å². The SMILES string of the molecule is CCc1ccc2nc(NC(=O)CSCc3ccc(C)cc3)sc2c1. The van der Waals surface area contributed by atoms with Gasteiger partial charge in [0.05, 0.1) is 16.0 Å². The van der Waals surface area contributed by atoms with Crippen molar-refractivity contribution in [2.24, 2.45) is 0 Å². The molecule has 0 fully saturated rings. The summed E-state index contributed by atoms with van der Waals surface area (Å²) in [5, 5.41) is 3.59. The summed E-state index contributed by atoms with van der Waals surface area (Å²) in [4.78, 5) is 16.6. The average molecular weight is 357 g/mol. The maximum atomic E-state index is 12.1. The molecule has 2 aromatic carbocycles. The lowest BCUT2D eigenvalue weighted by Gasteiger charge is -2.03. The average Bonchev–Trinajstić information content (AvgIpc) is 2.97. The van der Waals surface area contributed by atoms with E-state index in [4.69, 9.17) is 0 Å². The molecule has 3 nitrogen and oxygen atoms in total. The molecular weight excluding hydrogens is 336 g/mol. The second-order valence-corrected chi connectivity index (χ2v) is 7.72. The number of fused-ring (bicyclic) bond motifs is 1. The van der Waals surface area contributed by atoms with E-state index in [1.165, 1.54) is 28.0 Å². The molecule has 1 aromatic heterocycles. The molecule has 0 radical (unpaired) electrons. The maximum Gasteiger partial charge on any atom is 0.236 e. The van der Waals surface area contributed by atoms with Crippen LogP contribution in [-0.4, -0.2) is 16.6 Å². The molecule has 0 spiro atoms. The molecule has 24 heavy (non-hydrogen) atoms. The van der Waals surface area contributed by atoms with Gasteiger partial charge in [0.2, 0.25) is 5.91 Å².